The van der Waals surface area contributed by atoms with Crippen LogP contribution in [0.2, 0.25) is 10.0 Å². The number of anilines is 1. The van der Waals surface area contributed by atoms with Gasteiger partial charge in [0.1, 0.15) is 5.75 Å². The molecule has 0 radical (unpaired) electrons. The van der Waals surface area contributed by atoms with Gasteiger partial charge in [0.2, 0.25) is 0 Å². The number of rotatable bonds is 4. The van der Waals surface area contributed by atoms with Gasteiger partial charge < -0.3 is 15.2 Å². The summed E-state index contributed by atoms with van der Waals surface area (Å²) in [7, 11) is 0. The number of hydrogen-bond donors (Lipinski definition) is 2. The number of amides is 1. The summed E-state index contributed by atoms with van der Waals surface area (Å²) < 4.78 is 5.06. The van der Waals surface area contributed by atoms with Crippen molar-refractivity contribution in [3.63, 3.8) is 0 Å². The van der Waals surface area contributed by atoms with Gasteiger partial charge in [-0.05, 0) is 43.3 Å². The van der Waals surface area contributed by atoms with E-state index in [0.29, 0.717) is 15.7 Å². The van der Waals surface area contributed by atoms with Gasteiger partial charge in [-0.3, -0.25) is 4.79 Å². The summed E-state index contributed by atoms with van der Waals surface area (Å²) in [6.07, 6.45) is -1.04. The number of carbonyl (C=O) groups excluding carboxylic acids is 2. The fourth-order valence-corrected chi connectivity index (χ4v) is 2.31. The molecule has 1 atom stereocenters. The molecule has 2 aromatic rings. The van der Waals surface area contributed by atoms with Crippen LogP contribution in [0, 0.1) is 0 Å². The van der Waals surface area contributed by atoms with Crippen molar-refractivity contribution in [2.75, 3.05) is 5.32 Å². The maximum atomic E-state index is 12.0. The molecule has 0 saturated carbocycles. The lowest BCUT2D eigenvalue weighted by molar-refractivity contribution is -0.123. The molecule has 120 valence electrons. The molecular formula is C16H13Cl2NO4. The van der Waals surface area contributed by atoms with E-state index in [1.54, 1.807) is 0 Å². The molecule has 5 nitrogen and oxygen atoms in total. The van der Waals surface area contributed by atoms with E-state index in [-0.39, 0.29) is 11.3 Å². The first-order valence-electron chi connectivity index (χ1n) is 6.62. The topological polar surface area (TPSA) is 75.6 Å². The summed E-state index contributed by atoms with van der Waals surface area (Å²) in [5.41, 5.74) is 0.545. The van der Waals surface area contributed by atoms with Crippen LogP contribution in [0.3, 0.4) is 0 Å². The van der Waals surface area contributed by atoms with Crippen molar-refractivity contribution in [1.29, 1.82) is 0 Å². The zero-order chi connectivity index (χ0) is 17.0. The first kappa shape index (κ1) is 17.1. The van der Waals surface area contributed by atoms with Gasteiger partial charge in [-0.25, -0.2) is 4.79 Å². The van der Waals surface area contributed by atoms with Gasteiger partial charge in [-0.1, -0.05) is 29.3 Å². The van der Waals surface area contributed by atoms with Gasteiger partial charge in [0, 0.05) is 15.7 Å². The largest absolute Gasteiger partial charge is 0.508 e. The van der Waals surface area contributed by atoms with E-state index in [4.69, 9.17) is 27.9 Å². The highest BCUT2D eigenvalue weighted by atomic mass is 35.5. The first-order chi connectivity index (χ1) is 10.8. The molecule has 0 bridgehead atoms. The SMILES string of the molecule is C[C@H](OC(=O)c1cccc(O)c1)C(=O)Nc1cc(Cl)cc(Cl)c1. The highest BCUT2D eigenvalue weighted by molar-refractivity contribution is 6.35. The van der Waals surface area contributed by atoms with Crippen LogP contribution in [0.1, 0.15) is 17.3 Å². The number of benzene rings is 2. The number of halogens is 2. The summed E-state index contributed by atoms with van der Waals surface area (Å²) in [6, 6.07) is 10.2. The van der Waals surface area contributed by atoms with Crippen molar-refractivity contribution in [2.24, 2.45) is 0 Å². The van der Waals surface area contributed by atoms with Crippen LogP contribution in [-0.4, -0.2) is 23.1 Å². The molecule has 0 fully saturated rings. The van der Waals surface area contributed by atoms with E-state index in [1.807, 2.05) is 0 Å². The Morgan fingerprint density at radius 1 is 1.13 bits per heavy atom. The van der Waals surface area contributed by atoms with Gasteiger partial charge in [0.25, 0.3) is 5.91 Å². The van der Waals surface area contributed by atoms with E-state index >= 15 is 0 Å². The summed E-state index contributed by atoms with van der Waals surface area (Å²) in [5, 5.41) is 12.6. The summed E-state index contributed by atoms with van der Waals surface area (Å²) in [5.74, 6) is -1.31. The van der Waals surface area contributed by atoms with Gasteiger partial charge in [0.05, 0.1) is 5.56 Å². The fourth-order valence-electron chi connectivity index (χ4n) is 1.78. The van der Waals surface area contributed by atoms with Crippen molar-refractivity contribution in [3.05, 3.63) is 58.1 Å². The molecule has 0 aliphatic rings. The minimum Gasteiger partial charge on any atom is -0.508 e. The summed E-state index contributed by atoms with van der Waals surface area (Å²) in [6.45, 7) is 1.43. The summed E-state index contributed by atoms with van der Waals surface area (Å²) >= 11 is 11.7. The lowest BCUT2D eigenvalue weighted by Crippen LogP contribution is -2.30. The fraction of sp³-hybridized carbons (Fsp3) is 0.125. The molecule has 1 amide bonds. The number of aromatic hydroxyl groups is 1. The van der Waals surface area contributed by atoms with E-state index < -0.39 is 18.0 Å². The molecule has 23 heavy (non-hydrogen) atoms. The lowest BCUT2D eigenvalue weighted by Gasteiger charge is -2.14. The average molecular weight is 354 g/mol. The molecule has 2 N–H and O–H groups in total. The summed E-state index contributed by atoms with van der Waals surface area (Å²) in [4.78, 5) is 24.0. The predicted molar refractivity (Wildman–Crippen MR) is 88.1 cm³/mol. The van der Waals surface area contributed by atoms with Crippen molar-refractivity contribution in [1.82, 2.24) is 0 Å². The smallest absolute Gasteiger partial charge is 0.339 e. The highest BCUT2D eigenvalue weighted by Crippen LogP contribution is 2.22. The highest BCUT2D eigenvalue weighted by Gasteiger charge is 2.19. The quantitative estimate of drug-likeness (QED) is 0.817. The minimum atomic E-state index is -1.04. The molecule has 0 saturated heterocycles. The average Bonchev–Trinajstić information content (AvgIpc) is 2.45. The number of phenolic OH excluding ortho intramolecular Hbond substituents is 1. The molecule has 0 unspecified atom stereocenters. The Balaban J connectivity index is 2.01. The van der Waals surface area contributed by atoms with Crippen molar-refractivity contribution in [3.8, 4) is 5.75 Å². The molecule has 0 spiro atoms. The Morgan fingerprint density at radius 2 is 1.78 bits per heavy atom. The number of hydrogen-bond acceptors (Lipinski definition) is 4. The zero-order valence-electron chi connectivity index (χ0n) is 12.0. The van der Waals surface area contributed by atoms with Crippen LogP contribution < -0.4 is 5.32 Å². The Hall–Kier alpha value is -2.24. The molecule has 2 aromatic carbocycles. The van der Waals surface area contributed by atoms with Crippen LogP contribution in [0.5, 0.6) is 5.75 Å². The number of nitrogens with one attached hydrogen (secondary N) is 1. The minimum absolute atomic E-state index is 0.0647. The molecule has 0 heterocycles. The maximum Gasteiger partial charge on any atom is 0.339 e. The van der Waals surface area contributed by atoms with Crippen LogP contribution in [-0.2, 0) is 9.53 Å². The number of esters is 1. The van der Waals surface area contributed by atoms with Crippen molar-refractivity contribution in [2.45, 2.75) is 13.0 Å². The Kier molecular flexibility index (Phi) is 5.47. The van der Waals surface area contributed by atoms with Crippen LogP contribution in [0.4, 0.5) is 5.69 Å². The number of ether oxygens (including phenoxy) is 1. The monoisotopic (exact) mass is 353 g/mol. The maximum absolute atomic E-state index is 12.0. The van der Waals surface area contributed by atoms with Gasteiger partial charge in [-0.2, -0.15) is 0 Å². The molecule has 0 aliphatic heterocycles. The first-order valence-corrected chi connectivity index (χ1v) is 7.38. The normalized spacial score (nSPS) is 11.6. The molecule has 7 heteroatoms. The predicted octanol–water partition coefficient (Wildman–Crippen LogP) is 3.88. The Morgan fingerprint density at radius 3 is 2.39 bits per heavy atom. The Labute approximate surface area is 142 Å². The third kappa shape index (κ3) is 4.87. The number of phenols is 1. The second-order valence-electron chi connectivity index (χ2n) is 4.75. The molecule has 2 rings (SSSR count). The Bertz CT molecular complexity index is 728. The number of carbonyl (C=O) groups is 2. The lowest BCUT2D eigenvalue weighted by atomic mass is 10.2. The molecule has 0 aromatic heterocycles. The second-order valence-corrected chi connectivity index (χ2v) is 5.62. The zero-order valence-corrected chi connectivity index (χ0v) is 13.6. The van der Waals surface area contributed by atoms with Crippen LogP contribution >= 0.6 is 23.2 Å². The third-order valence-electron chi connectivity index (χ3n) is 2.86. The third-order valence-corrected chi connectivity index (χ3v) is 3.30. The van der Waals surface area contributed by atoms with E-state index in [0.717, 1.165) is 0 Å². The van der Waals surface area contributed by atoms with Crippen LogP contribution in [0.25, 0.3) is 0 Å². The second kappa shape index (κ2) is 7.35. The van der Waals surface area contributed by atoms with E-state index in [1.165, 1.54) is 49.4 Å². The molecular weight excluding hydrogens is 341 g/mol. The van der Waals surface area contributed by atoms with Crippen LogP contribution in [0.15, 0.2) is 42.5 Å². The van der Waals surface area contributed by atoms with Crippen molar-refractivity contribution < 1.29 is 19.4 Å². The van der Waals surface area contributed by atoms with Gasteiger partial charge >= 0.3 is 5.97 Å². The van der Waals surface area contributed by atoms with Gasteiger partial charge in [-0.15, -0.1) is 0 Å². The van der Waals surface area contributed by atoms with Gasteiger partial charge in [0.15, 0.2) is 6.10 Å². The van der Waals surface area contributed by atoms with E-state index in [9.17, 15) is 14.7 Å². The standard InChI is InChI=1S/C16H13Cl2NO4/c1-9(23-16(22)10-3-2-4-14(20)5-10)15(21)19-13-7-11(17)6-12(18)8-13/h2-9,20H,1H3,(H,19,21)/t9-/m0/s1. The van der Waals surface area contributed by atoms with Crippen molar-refractivity contribution >= 4 is 40.8 Å². The van der Waals surface area contributed by atoms with E-state index in [2.05, 4.69) is 5.32 Å². The molecule has 0 aliphatic carbocycles.